The maximum Gasteiger partial charge on any atom is 0.251 e. The molecule has 1 aromatic carbocycles. The van der Waals surface area contributed by atoms with Gasteiger partial charge in [-0.1, -0.05) is 26.0 Å². The van der Waals surface area contributed by atoms with Crippen LogP contribution in [0.3, 0.4) is 0 Å². The molecule has 156 valence electrons. The maximum absolute atomic E-state index is 11.8. The van der Waals surface area contributed by atoms with Crippen LogP contribution in [0.4, 0.5) is 0 Å². The minimum atomic E-state index is -0.0593. The van der Waals surface area contributed by atoms with E-state index in [0.29, 0.717) is 30.2 Å². The van der Waals surface area contributed by atoms with Gasteiger partial charge in [-0.3, -0.25) is 9.79 Å². The van der Waals surface area contributed by atoms with Crippen LogP contribution in [0, 0.1) is 11.3 Å². The summed E-state index contributed by atoms with van der Waals surface area (Å²) >= 11 is 0. The van der Waals surface area contributed by atoms with Crippen LogP contribution in [0.5, 0.6) is 0 Å². The van der Waals surface area contributed by atoms with Crippen molar-refractivity contribution in [1.29, 1.82) is 0 Å². The van der Waals surface area contributed by atoms with Crippen LogP contribution in [0.15, 0.2) is 29.3 Å². The number of aliphatic imine (C=N–C) groups is 1. The van der Waals surface area contributed by atoms with E-state index < -0.39 is 0 Å². The molecule has 3 unspecified atom stereocenters. The third-order valence-electron chi connectivity index (χ3n) is 5.82. The number of rotatable bonds is 6. The largest absolute Gasteiger partial charge is 0.377 e. The predicted molar refractivity (Wildman–Crippen MR) is 123 cm³/mol. The molecule has 0 spiro atoms. The second kappa shape index (κ2) is 9.91. The minimum Gasteiger partial charge on any atom is -0.377 e. The lowest BCUT2D eigenvalue weighted by Crippen LogP contribution is -2.68. The molecule has 0 radical (unpaired) electrons. The van der Waals surface area contributed by atoms with Gasteiger partial charge in [0.05, 0.1) is 6.10 Å². The number of nitrogens with one attached hydrogen (secondary N) is 3. The lowest BCUT2D eigenvalue weighted by molar-refractivity contribution is -0.106. The number of halogens is 1. The Kier molecular flexibility index (Phi) is 8.12. The van der Waals surface area contributed by atoms with Gasteiger partial charge < -0.3 is 20.7 Å². The molecular weight excluding hydrogens is 467 g/mol. The van der Waals surface area contributed by atoms with Crippen molar-refractivity contribution in [3.05, 3.63) is 35.4 Å². The maximum atomic E-state index is 11.8. The van der Waals surface area contributed by atoms with Crippen molar-refractivity contribution in [2.24, 2.45) is 16.3 Å². The van der Waals surface area contributed by atoms with Gasteiger partial charge in [0.1, 0.15) is 0 Å². The molecule has 3 N–H and O–H groups in total. The first kappa shape index (κ1) is 22.9. The Bertz CT molecular complexity index is 707. The second-order valence-electron chi connectivity index (χ2n) is 7.98. The van der Waals surface area contributed by atoms with Gasteiger partial charge in [0.2, 0.25) is 0 Å². The number of carbonyl (C=O) groups excluding carboxylic acids is 1. The molecule has 1 saturated heterocycles. The smallest absolute Gasteiger partial charge is 0.251 e. The minimum absolute atomic E-state index is 0. The van der Waals surface area contributed by atoms with Gasteiger partial charge in [-0.15, -0.1) is 24.0 Å². The second-order valence-corrected chi connectivity index (χ2v) is 7.98. The molecule has 6 nitrogen and oxygen atoms in total. The monoisotopic (exact) mass is 500 g/mol. The number of benzene rings is 1. The van der Waals surface area contributed by atoms with Gasteiger partial charge in [0.25, 0.3) is 5.91 Å². The highest BCUT2D eigenvalue weighted by Gasteiger charge is 2.59. The average Bonchev–Trinajstić information content (AvgIpc) is 3.12. The summed E-state index contributed by atoms with van der Waals surface area (Å²) < 4.78 is 5.88. The highest BCUT2D eigenvalue weighted by atomic mass is 127. The zero-order chi connectivity index (χ0) is 19.4. The fourth-order valence-electron chi connectivity index (χ4n) is 4.39. The highest BCUT2D eigenvalue weighted by molar-refractivity contribution is 14.0. The Labute approximate surface area is 185 Å². The van der Waals surface area contributed by atoms with Gasteiger partial charge in [-0.05, 0) is 37.5 Å². The zero-order valence-corrected chi connectivity index (χ0v) is 19.6. The number of guanidine groups is 1. The first-order chi connectivity index (χ1) is 13.0. The van der Waals surface area contributed by atoms with E-state index in [-0.39, 0.29) is 35.3 Å². The van der Waals surface area contributed by atoms with E-state index in [9.17, 15) is 4.79 Å². The zero-order valence-electron chi connectivity index (χ0n) is 17.2. The van der Waals surface area contributed by atoms with Crippen molar-refractivity contribution < 1.29 is 9.53 Å². The summed E-state index contributed by atoms with van der Waals surface area (Å²) in [6.07, 6.45) is 2.28. The quantitative estimate of drug-likeness (QED) is 0.319. The van der Waals surface area contributed by atoms with Gasteiger partial charge in [0.15, 0.2) is 5.96 Å². The predicted octanol–water partition coefficient (Wildman–Crippen LogP) is 2.58. The molecule has 1 aliphatic carbocycles. The number of hydrogen-bond donors (Lipinski definition) is 3. The summed E-state index contributed by atoms with van der Waals surface area (Å²) in [4.78, 5) is 16.5. The summed E-state index contributed by atoms with van der Waals surface area (Å²) in [6, 6.07) is 8.11. The Morgan fingerprint density at radius 1 is 1.36 bits per heavy atom. The van der Waals surface area contributed by atoms with Crippen LogP contribution >= 0.6 is 24.0 Å². The fourth-order valence-corrected chi connectivity index (χ4v) is 4.39. The average molecular weight is 500 g/mol. The van der Waals surface area contributed by atoms with Gasteiger partial charge in [-0.25, -0.2) is 0 Å². The third-order valence-corrected chi connectivity index (χ3v) is 5.82. The van der Waals surface area contributed by atoms with E-state index in [1.54, 1.807) is 7.05 Å². The van der Waals surface area contributed by atoms with E-state index in [1.807, 2.05) is 24.3 Å². The van der Waals surface area contributed by atoms with Gasteiger partial charge >= 0.3 is 0 Å². The van der Waals surface area contributed by atoms with Gasteiger partial charge in [-0.2, -0.15) is 0 Å². The Morgan fingerprint density at radius 3 is 2.86 bits per heavy atom. The molecule has 1 aromatic rings. The van der Waals surface area contributed by atoms with Gasteiger partial charge in [0, 0.05) is 49.7 Å². The molecule has 2 aliphatic rings. The number of carbonyl (C=O) groups is 1. The van der Waals surface area contributed by atoms with E-state index in [0.717, 1.165) is 37.5 Å². The molecule has 1 aliphatic heterocycles. The molecule has 7 heteroatoms. The Balaban J connectivity index is 0.00000280. The van der Waals surface area contributed by atoms with Crippen molar-refractivity contribution in [2.45, 2.75) is 45.8 Å². The van der Waals surface area contributed by atoms with Crippen LogP contribution in [0.1, 0.15) is 43.1 Å². The van der Waals surface area contributed by atoms with E-state index in [1.165, 1.54) is 0 Å². The summed E-state index contributed by atoms with van der Waals surface area (Å²) in [5.74, 6) is 1.38. The highest BCUT2D eigenvalue weighted by Crippen LogP contribution is 2.52. The van der Waals surface area contributed by atoms with Crippen molar-refractivity contribution in [3.63, 3.8) is 0 Å². The standard InChI is InChI=1S/C21H32N4O2.HI/c1-5-23-20(25-17-16-10-12-27-18(16)21(17,2)3)24-11-9-14-7-6-8-15(13-14)19(26)22-4;/h6-8,13,16-18H,5,9-12H2,1-4H3,(H,22,26)(H2,23,24,25);1H. The van der Waals surface area contributed by atoms with Crippen molar-refractivity contribution in [1.82, 2.24) is 16.0 Å². The summed E-state index contributed by atoms with van der Waals surface area (Å²) in [5, 5.41) is 9.66. The van der Waals surface area contributed by atoms with Crippen LogP contribution in [0.25, 0.3) is 0 Å². The van der Waals surface area contributed by atoms with Crippen molar-refractivity contribution >= 4 is 35.8 Å². The first-order valence-corrected chi connectivity index (χ1v) is 9.94. The van der Waals surface area contributed by atoms with E-state index in [2.05, 4.69) is 36.7 Å². The molecule has 3 rings (SSSR count). The van der Waals surface area contributed by atoms with Crippen LogP contribution in [0.2, 0.25) is 0 Å². The lowest BCUT2D eigenvalue weighted by Gasteiger charge is -2.54. The Hall–Kier alpha value is -1.35. The number of amides is 1. The topological polar surface area (TPSA) is 74.8 Å². The molecular formula is C21H33IN4O2. The number of hydrogen-bond acceptors (Lipinski definition) is 3. The summed E-state index contributed by atoms with van der Waals surface area (Å²) in [6.45, 7) is 8.99. The van der Waals surface area contributed by atoms with Crippen molar-refractivity contribution in [3.8, 4) is 0 Å². The summed E-state index contributed by atoms with van der Waals surface area (Å²) in [5.41, 5.74) is 1.93. The molecule has 28 heavy (non-hydrogen) atoms. The van der Waals surface area contributed by atoms with Crippen LogP contribution < -0.4 is 16.0 Å². The molecule has 0 bridgehead atoms. The molecule has 3 atom stereocenters. The van der Waals surface area contributed by atoms with Crippen LogP contribution in [-0.2, 0) is 11.2 Å². The lowest BCUT2D eigenvalue weighted by atomic mass is 9.57. The number of fused-ring (bicyclic) bond motifs is 1. The molecule has 0 aromatic heterocycles. The first-order valence-electron chi connectivity index (χ1n) is 9.94. The summed E-state index contributed by atoms with van der Waals surface area (Å²) in [7, 11) is 1.65. The molecule has 1 amide bonds. The number of ether oxygens (including phenoxy) is 1. The van der Waals surface area contributed by atoms with Crippen molar-refractivity contribution in [2.75, 3.05) is 26.7 Å². The van der Waals surface area contributed by atoms with Crippen LogP contribution in [-0.4, -0.2) is 50.8 Å². The van der Waals surface area contributed by atoms with E-state index >= 15 is 0 Å². The SMILES string of the molecule is CCNC(=NCCc1cccc(C(=O)NC)c1)NC1C2CCOC2C1(C)C.I. The third kappa shape index (κ3) is 4.79. The molecule has 2 fully saturated rings. The molecule has 1 saturated carbocycles. The number of nitrogens with zero attached hydrogens (tertiary/aromatic N) is 1. The fraction of sp³-hybridized carbons (Fsp3) is 0.619. The van der Waals surface area contributed by atoms with E-state index in [4.69, 9.17) is 9.73 Å². The Morgan fingerprint density at radius 2 is 2.14 bits per heavy atom. The molecule has 1 heterocycles. The normalized spacial score (nSPS) is 25.1.